The van der Waals surface area contributed by atoms with Crippen molar-refractivity contribution in [2.45, 2.75) is 59.0 Å². The summed E-state index contributed by atoms with van der Waals surface area (Å²) < 4.78 is 5.78. The molecule has 0 unspecified atom stereocenters. The summed E-state index contributed by atoms with van der Waals surface area (Å²) in [5, 5.41) is 3.46. The molecule has 2 saturated carbocycles. The lowest BCUT2D eigenvalue weighted by Gasteiger charge is -2.50. The predicted octanol–water partition coefficient (Wildman–Crippen LogP) is 3.55. The first-order chi connectivity index (χ1) is 10.4. The second-order valence-corrected chi connectivity index (χ2v) is 8.46. The summed E-state index contributed by atoms with van der Waals surface area (Å²) >= 11 is 0. The van der Waals surface area contributed by atoms with Crippen molar-refractivity contribution < 1.29 is 9.53 Å². The Morgan fingerprint density at radius 1 is 1.45 bits per heavy atom. The molecular formula is C19H31NO2. The number of esters is 1. The molecule has 0 aromatic rings. The van der Waals surface area contributed by atoms with Crippen LogP contribution in [0.4, 0.5) is 0 Å². The molecule has 22 heavy (non-hydrogen) atoms. The van der Waals surface area contributed by atoms with Gasteiger partial charge in [-0.2, -0.15) is 0 Å². The summed E-state index contributed by atoms with van der Waals surface area (Å²) in [4.78, 5) is 12.3. The molecule has 2 aliphatic carbocycles. The maximum Gasteiger partial charge on any atom is 0.310 e. The SMILES string of the molecule is C=C1CCC[C@]2(C)C[C@H]3OC(=O)[C@H](CNCC(C)C)[C@H]3C[C@H]12. The van der Waals surface area contributed by atoms with Crippen LogP contribution in [0.3, 0.4) is 0 Å². The van der Waals surface area contributed by atoms with E-state index in [2.05, 4.69) is 32.7 Å². The van der Waals surface area contributed by atoms with Gasteiger partial charge in [0.05, 0.1) is 5.92 Å². The number of nitrogens with one attached hydrogen (secondary N) is 1. The molecule has 3 rings (SSSR count). The summed E-state index contributed by atoms with van der Waals surface area (Å²) in [6, 6.07) is 0. The van der Waals surface area contributed by atoms with Crippen molar-refractivity contribution in [3.05, 3.63) is 12.2 Å². The third-order valence-corrected chi connectivity index (χ3v) is 6.24. The fourth-order valence-electron chi connectivity index (χ4n) is 5.02. The number of carbonyl (C=O) groups is 1. The van der Waals surface area contributed by atoms with E-state index in [9.17, 15) is 4.79 Å². The van der Waals surface area contributed by atoms with Gasteiger partial charge >= 0.3 is 5.97 Å². The number of fused-ring (bicyclic) bond motifs is 2. The number of hydrogen-bond donors (Lipinski definition) is 1. The molecular weight excluding hydrogens is 274 g/mol. The molecule has 124 valence electrons. The average Bonchev–Trinajstić information content (AvgIpc) is 2.71. The quantitative estimate of drug-likeness (QED) is 0.637. The lowest BCUT2D eigenvalue weighted by Crippen LogP contribution is -2.45. The standard InChI is InChI=1S/C19H31NO2/c1-12(2)10-20-11-15-14-8-16-13(3)6-5-7-19(16,4)9-17(14)22-18(15)21/h12,14-17,20H,3,5-11H2,1-2,4H3/t14-,15-,16-,17-,19-/m1/s1. The summed E-state index contributed by atoms with van der Waals surface area (Å²) in [5.74, 6) is 1.66. The van der Waals surface area contributed by atoms with Gasteiger partial charge in [0.25, 0.3) is 0 Å². The zero-order valence-corrected chi connectivity index (χ0v) is 14.4. The van der Waals surface area contributed by atoms with Gasteiger partial charge in [-0.15, -0.1) is 0 Å². The van der Waals surface area contributed by atoms with E-state index in [1.807, 2.05) is 0 Å². The highest BCUT2D eigenvalue weighted by Gasteiger charge is 2.54. The van der Waals surface area contributed by atoms with Gasteiger partial charge in [0.2, 0.25) is 0 Å². The number of rotatable bonds is 4. The number of carbonyl (C=O) groups excluding carboxylic acids is 1. The van der Waals surface area contributed by atoms with Crippen LogP contribution in [-0.2, 0) is 9.53 Å². The van der Waals surface area contributed by atoms with Crippen LogP contribution >= 0.6 is 0 Å². The molecule has 3 aliphatic rings. The van der Waals surface area contributed by atoms with E-state index >= 15 is 0 Å². The molecule has 3 nitrogen and oxygen atoms in total. The Morgan fingerprint density at radius 3 is 2.95 bits per heavy atom. The van der Waals surface area contributed by atoms with E-state index < -0.39 is 0 Å². The molecule has 3 heteroatoms. The summed E-state index contributed by atoms with van der Waals surface area (Å²) in [5.41, 5.74) is 1.72. The van der Waals surface area contributed by atoms with Gasteiger partial charge in [0.15, 0.2) is 0 Å². The highest BCUT2D eigenvalue weighted by atomic mass is 16.6. The van der Waals surface area contributed by atoms with Gasteiger partial charge in [-0.3, -0.25) is 4.79 Å². The predicted molar refractivity (Wildman–Crippen MR) is 88.4 cm³/mol. The largest absolute Gasteiger partial charge is 0.462 e. The second-order valence-electron chi connectivity index (χ2n) is 8.46. The molecule has 0 aromatic carbocycles. The second kappa shape index (κ2) is 5.99. The van der Waals surface area contributed by atoms with E-state index in [1.165, 1.54) is 24.8 Å². The first-order valence-electron chi connectivity index (χ1n) is 8.99. The van der Waals surface area contributed by atoms with Crippen molar-refractivity contribution in [3.8, 4) is 0 Å². The minimum Gasteiger partial charge on any atom is -0.462 e. The molecule has 0 amide bonds. The minimum atomic E-state index is 0.0270. The number of hydrogen-bond acceptors (Lipinski definition) is 3. The fourth-order valence-corrected chi connectivity index (χ4v) is 5.02. The van der Waals surface area contributed by atoms with Crippen molar-refractivity contribution in [3.63, 3.8) is 0 Å². The van der Waals surface area contributed by atoms with E-state index in [-0.39, 0.29) is 18.0 Å². The number of ether oxygens (including phenoxy) is 1. The third kappa shape index (κ3) is 2.84. The van der Waals surface area contributed by atoms with Crippen molar-refractivity contribution >= 4 is 5.97 Å². The normalized spacial score (nSPS) is 41.3. The molecule has 1 N–H and O–H groups in total. The van der Waals surface area contributed by atoms with Crippen LogP contribution in [0.5, 0.6) is 0 Å². The average molecular weight is 305 g/mol. The summed E-state index contributed by atoms with van der Waals surface area (Å²) in [6.45, 7) is 12.9. The maximum absolute atomic E-state index is 12.3. The fraction of sp³-hybridized carbons (Fsp3) is 0.842. The molecule has 1 aliphatic heterocycles. The number of allylic oxidation sites excluding steroid dienone is 1. The zero-order valence-electron chi connectivity index (χ0n) is 14.4. The van der Waals surface area contributed by atoms with E-state index in [4.69, 9.17) is 4.74 Å². The monoisotopic (exact) mass is 305 g/mol. The van der Waals surface area contributed by atoms with Crippen molar-refractivity contribution in [1.82, 2.24) is 5.32 Å². The molecule has 0 spiro atoms. The van der Waals surface area contributed by atoms with E-state index in [1.54, 1.807) is 0 Å². The van der Waals surface area contributed by atoms with Crippen LogP contribution in [0.2, 0.25) is 0 Å². The van der Waals surface area contributed by atoms with Gasteiger partial charge in [0, 0.05) is 12.5 Å². The minimum absolute atomic E-state index is 0.0270. The molecule has 3 fully saturated rings. The highest BCUT2D eigenvalue weighted by molar-refractivity contribution is 5.75. The molecule has 1 saturated heterocycles. The maximum atomic E-state index is 12.3. The molecule has 0 bridgehead atoms. The van der Waals surface area contributed by atoms with Crippen molar-refractivity contribution in [1.29, 1.82) is 0 Å². The Hall–Kier alpha value is -0.830. The van der Waals surface area contributed by atoms with Gasteiger partial charge in [0.1, 0.15) is 6.10 Å². The Balaban J connectivity index is 1.70. The van der Waals surface area contributed by atoms with Crippen molar-refractivity contribution in [2.24, 2.45) is 29.1 Å². The van der Waals surface area contributed by atoms with E-state index in [0.29, 0.717) is 23.2 Å². The first kappa shape index (κ1) is 16.0. The van der Waals surface area contributed by atoms with E-state index in [0.717, 1.165) is 25.9 Å². The van der Waals surface area contributed by atoms with Gasteiger partial charge in [-0.1, -0.05) is 32.9 Å². The van der Waals surface area contributed by atoms with Gasteiger partial charge in [-0.05, 0) is 55.9 Å². The molecule has 5 atom stereocenters. The first-order valence-corrected chi connectivity index (χ1v) is 8.99. The Morgan fingerprint density at radius 2 is 2.23 bits per heavy atom. The van der Waals surface area contributed by atoms with Gasteiger partial charge < -0.3 is 10.1 Å². The summed E-state index contributed by atoms with van der Waals surface area (Å²) in [7, 11) is 0. The van der Waals surface area contributed by atoms with Crippen LogP contribution in [0.15, 0.2) is 12.2 Å². The zero-order chi connectivity index (χ0) is 15.9. The highest BCUT2D eigenvalue weighted by Crippen LogP contribution is 2.56. The van der Waals surface area contributed by atoms with Crippen LogP contribution in [-0.4, -0.2) is 25.2 Å². The van der Waals surface area contributed by atoms with Crippen molar-refractivity contribution in [2.75, 3.05) is 13.1 Å². The van der Waals surface area contributed by atoms with Crippen LogP contribution < -0.4 is 5.32 Å². The topological polar surface area (TPSA) is 38.3 Å². The lowest BCUT2D eigenvalue weighted by molar-refractivity contribution is -0.146. The Bertz CT molecular complexity index is 458. The van der Waals surface area contributed by atoms with Gasteiger partial charge in [-0.25, -0.2) is 0 Å². The van der Waals surface area contributed by atoms with Crippen LogP contribution in [0.25, 0.3) is 0 Å². The molecule has 0 aromatic heterocycles. The smallest absolute Gasteiger partial charge is 0.310 e. The molecule has 1 heterocycles. The summed E-state index contributed by atoms with van der Waals surface area (Å²) in [6.07, 6.45) is 5.95. The van der Waals surface area contributed by atoms with Crippen LogP contribution in [0, 0.1) is 29.1 Å². The Kier molecular flexibility index (Phi) is 4.37. The molecule has 0 radical (unpaired) electrons. The third-order valence-electron chi connectivity index (χ3n) is 6.24. The Labute approximate surface area is 134 Å². The van der Waals surface area contributed by atoms with Crippen LogP contribution in [0.1, 0.15) is 52.9 Å². The lowest BCUT2D eigenvalue weighted by atomic mass is 9.55.